The molecule has 2 aromatic heterocycles. The van der Waals surface area contributed by atoms with Gasteiger partial charge in [0.1, 0.15) is 10.0 Å². The minimum Gasteiger partial charge on any atom is -0.332 e. The summed E-state index contributed by atoms with van der Waals surface area (Å²) in [4.78, 5) is 21.5. The molecule has 0 saturated heterocycles. The van der Waals surface area contributed by atoms with Crippen molar-refractivity contribution in [2.45, 2.75) is 33.4 Å². The Kier molecular flexibility index (Phi) is 4.49. The standard InChI is InChI=1S/C12H16N4OS2/c1-7-9(3)19-10(15-7)6-14-12(17)16-8(2)11-13-4-5-18-11/h4-5,8H,6H2,1-3H3,(H2,14,16,17). The number of amides is 2. The summed E-state index contributed by atoms with van der Waals surface area (Å²) < 4.78 is 0. The van der Waals surface area contributed by atoms with E-state index in [2.05, 4.69) is 20.6 Å². The number of aromatic nitrogens is 2. The van der Waals surface area contributed by atoms with Crippen molar-refractivity contribution in [1.29, 1.82) is 0 Å². The van der Waals surface area contributed by atoms with Gasteiger partial charge in [-0.3, -0.25) is 0 Å². The summed E-state index contributed by atoms with van der Waals surface area (Å²) in [6.07, 6.45) is 1.73. The molecule has 2 amide bonds. The molecular weight excluding hydrogens is 280 g/mol. The maximum Gasteiger partial charge on any atom is 0.315 e. The van der Waals surface area contributed by atoms with Crippen LogP contribution < -0.4 is 10.6 Å². The summed E-state index contributed by atoms with van der Waals surface area (Å²) in [7, 11) is 0. The maximum absolute atomic E-state index is 11.7. The van der Waals surface area contributed by atoms with Crippen LogP contribution in [0.1, 0.15) is 33.6 Å². The van der Waals surface area contributed by atoms with Gasteiger partial charge in [0.2, 0.25) is 0 Å². The van der Waals surface area contributed by atoms with Crippen molar-refractivity contribution >= 4 is 28.7 Å². The lowest BCUT2D eigenvalue weighted by Gasteiger charge is -2.11. The second kappa shape index (κ2) is 6.12. The fraction of sp³-hybridized carbons (Fsp3) is 0.417. The topological polar surface area (TPSA) is 66.9 Å². The monoisotopic (exact) mass is 296 g/mol. The molecule has 0 radical (unpaired) electrons. The largest absolute Gasteiger partial charge is 0.332 e. The van der Waals surface area contributed by atoms with Gasteiger partial charge in [0.25, 0.3) is 0 Å². The molecule has 2 N–H and O–H groups in total. The predicted octanol–water partition coefficient (Wildman–Crippen LogP) is 2.78. The van der Waals surface area contributed by atoms with Crippen LogP contribution in [-0.4, -0.2) is 16.0 Å². The number of carbonyl (C=O) groups is 1. The molecular formula is C12H16N4OS2. The third kappa shape index (κ3) is 3.74. The normalized spacial score (nSPS) is 12.2. The van der Waals surface area contributed by atoms with Crippen LogP contribution in [0.4, 0.5) is 4.79 Å². The Bertz CT molecular complexity index is 531. The lowest BCUT2D eigenvalue weighted by molar-refractivity contribution is 0.237. The zero-order valence-electron chi connectivity index (χ0n) is 11.1. The van der Waals surface area contributed by atoms with E-state index in [1.807, 2.05) is 26.2 Å². The highest BCUT2D eigenvalue weighted by Crippen LogP contribution is 2.16. The molecule has 0 aliphatic rings. The molecule has 5 nitrogen and oxygen atoms in total. The number of urea groups is 1. The first-order chi connectivity index (χ1) is 9.06. The van der Waals surface area contributed by atoms with Crippen molar-refractivity contribution in [2.75, 3.05) is 0 Å². The number of hydrogen-bond donors (Lipinski definition) is 2. The smallest absolute Gasteiger partial charge is 0.315 e. The SMILES string of the molecule is Cc1nc(CNC(=O)NC(C)c2nccs2)sc1C. The van der Waals surface area contributed by atoms with Gasteiger partial charge in [0.05, 0.1) is 18.3 Å². The van der Waals surface area contributed by atoms with Crippen LogP contribution in [0.5, 0.6) is 0 Å². The molecule has 1 atom stereocenters. The van der Waals surface area contributed by atoms with Crippen LogP contribution >= 0.6 is 22.7 Å². The maximum atomic E-state index is 11.7. The zero-order chi connectivity index (χ0) is 13.8. The van der Waals surface area contributed by atoms with E-state index in [1.165, 1.54) is 16.2 Å². The number of rotatable bonds is 4. The van der Waals surface area contributed by atoms with E-state index in [0.717, 1.165) is 15.7 Å². The van der Waals surface area contributed by atoms with Gasteiger partial charge >= 0.3 is 6.03 Å². The zero-order valence-corrected chi connectivity index (χ0v) is 12.7. The summed E-state index contributed by atoms with van der Waals surface area (Å²) in [6, 6.07) is -0.284. The van der Waals surface area contributed by atoms with Crippen molar-refractivity contribution in [3.8, 4) is 0 Å². The summed E-state index contributed by atoms with van der Waals surface area (Å²) in [5.41, 5.74) is 1.03. The van der Waals surface area contributed by atoms with E-state index in [0.29, 0.717) is 6.54 Å². The van der Waals surface area contributed by atoms with E-state index in [4.69, 9.17) is 0 Å². The van der Waals surface area contributed by atoms with Gasteiger partial charge in [-0.2, -0.15) is 0 Å². The lowest BCUT2D eigenvalue weighted by Crippen LogP contribution is -2.36. The Balaban J connectivity index is 1.81. The van der Waals surface area contributed by atoms with Gasteiger partial charge in [0, 0.05) is 16.5 Å². The van der Waals surface area contributed by atoms with E-state index in [-0.39, 0.29) is 12.1 Å². The van der Waals surface area contributed by atoms with Crippen molar-refractivity contribution in [3.05, 3.63) is 32.2 Å². The molecule has 19 heavy (non-hydrogen) atoms. The molecule has 102 valence electrons. The number of thiazole rings is 2. The Morgan fingerprint density at radius 1 is 1.47 bits per heavy atom. The molecule has 0 aliphatic heterocycles. The lowest BCUT2D eigenvalue weighted by atomic mass is 10.4. The molecule has 2 rings (SSSR count). The van der Waals surface area contributed by atoms with Gasteiger partial charge in [0.15, 0.2) is 0 Å². The first-order valence-corrected chi connectivity index (χ1v) is 7.62. The summed E-state index contributed by atoms with van der Waals surface area (Å²) in [6.45, 7) is 6.37. The Morgan fingerprint density at radius 3 is 2.84 bits per heavy atom. The Labute approximate surface area is 120 Å². The van der Waals surface area contributed by atoms with E-state index < -0.39 is 0 Å². The van der Waals surface area contributed by atoms with Crippen LogP contribution in [0.25, 0.3) is 0 Å². The molecule has 0 saturated carbocycles. The number of nitrogens with zero attached hydrogens (tertiary/aromatic N) is 2. The van der Waals surface area contributed by atoms with Gasteiger partial charge in [-0.25, -0.2) is 14.8 Å². The summed E-state index contributed by atoms with van der Waals surface area (Å²) in [5.74, 6) is 0. The Hall–Kier alpha value is -1.47. The highest BCUT2D eigenvalue weighted by Gasteiger charge is 2.12. The third-order valence-corrected chi connectivity index (χ3v) is 4.67. The summed E-state index contributed by atoms with van der Waals surface area (Å²) >= 11 is 3.14. The highest BCUT2D eigenvalue weighted by atomic mass is 32.1. The van der Waals surface area contributed by atoms with Gasteiger partial charge in [-0.05, 0) is 20.8 Å². The molecule has 0 fully saturated rings. The van der Waals surface area contributed by atoms with Crippen LogP contribution in [0.2, 0.25) is 0 Å². The van der Waals surface area contributed by atoms with Crippen LogP contribution in [0, 0.1) is 13.8 Å². The average Bonchev–Trinajstić information content (AvgIpc) is 2.98. The van der Waals surface area contributed by atoms with Gasteiger partial charge < -0.3 is 10.6 Å². The van der Waals surface area contributed by atoms with Crippen molar-refractivity contribution < 1.29 is 4.79 Å². The molecule has 0 aromatic carbocycles. The van der Waals surface area contributed by atoms with E-state index in [9.17, 15) is 4.79 Å². The Morgan fingerprint density at radius 2 is 2.26 bits per heavy atom. The first-order valence-electron chi connectivity index (χ1n) is 5.93. The number of aryl methyl sites for hydroxylation is 2. The second-order valence-corrected chi connectivity index (χ2v) is 6.38. The van der Waals surface area contributed by atoms with E-state index >= 15 is 0 Å². The third-order valence-electron chi connectivity index (χ3n) is 2.64. The van der Waals surface area contributed by atoms with Crippen molar-refractivity contribution in [1.82, 2.24) is 20.6 Å². The minimum atomic E-state index is -0.201. The first kappa shape index (κ1) is 14.0. The van der Waals surface area contributed by atoms with Crippen molar-refractivity contribution in [3.63, 3.8) is 0 Å². The van der Waals surface area contributed by atoms with Crippen molar-refractivity contribution in [2.24, 2.45) is 0 Å². The van der Waals surface area contributed by atoms with Gasteiger partial charge in [-0.15, -0.1) is 22.7 Å². The fourth-order valence-corrected chi connectivity index (χ4v) is 3.05. The molecule has 0 spiro atoms. The molecule has 1 unspecified atom stereocenters. The second-order valence-electron chi connectivity index (χ2n) is 4.17. The summed E-state index contributed by atoms with van der Waals surface area (Å²) in [5, 5.41) is 9.37. The molecule has 2 heterocycles. The van der Waals surface area contributed by atoms with Crippen LogP contribution in [0.15, 0.2) is 11.6 Å². The van der Waals surface area contributed by atoms with Gasteiger partial charge in [-0.1, -0.05) is 0 Å². The predicted molar refractivity (Wildman–Crippen MR) is 77.5 cm³/mol. The fourth-order valence-electron chi connectivity index (χ4n) is 1.53. The average molecular weight is 296 g/mol. The minimum absolute atomic E-state index is 0.0835. The molecule has 0 aliphatic carbocycles. The quantitative estimate of drug-likeness (QED) is 0.911. The molecule has 2 aromatic rings. The highest BCUT2D eigenvalue weighted by molar-refractivity contribution is 7.11. The molecule has 7 heteroatoms. The number of nitrogens with one attached hydrogen (secondary N) is 2. The number of hydrogen-bond acceptors (Lipinski definition) is 5. The molecule has 0 bridgehead atoms. The van der Waals surface area contributed by atoms with Crippen LogP contribution in [-0.2, 0) is 6.54 Å². The van der Waals surface area contributed by atoms with E-state index in [1.54, 1.807) is 17.5 Å². The number of carbonyl (C=O) groups excluding carboxylic acids is 1. The van der Waals surface area contributed by atoms with Crippen LogP contribution in [0.3, 0.4) is 0 Å².